The van der Waals surface area contributed by atoms with Gasteiger partial charge in [0.05, 0.1) is 0 Å². The molecule has 0 atom stereocenters. The van der Waals surface area contributed by atoms with Crippen molar-refractivity contribution >= 4 is 24.2 Å². The molecule has 0 aromatic carbocycles. The van der Waals surface area contributed by atoms with Crippen LogP contribution in [0.3, 0.4) is 0 Å². The molecular formula is C3H7ClN2O2. The van der Waals surface area contributed by atoms with Gasteiger partial charge in [0.1, 0.15) is 6.42 Å². The van der Waals surface area contributed by atoms with Crippen LogP contribution in [-0.2, 0) is 9.59 Å². The van der Waals surface area contributed by atoms with Gasteiger partial charge in [-0.25, -0.2) is 0 Å². The molecule has 0 aliphatic heterocycles. The summed E-state index contributed by atoms with van der Waals surface area (Å²) in [7, 11) is 0. The maximum absolute atomic E-state index is 9.73. The number of amides is 2. The van der Waals surface area contributed by atoms with E-state index in [2.05, 4.69) is 11.5 Å². The Labute approximate surface area is 52.6 Å². The summed E-state index contributed by atoms with van der Waals surface area (Å²) in [4.78, 5) is 19.5. The Morgan fingerprint density at radius 3 is 1.38 bits per heavy atom. The molecule has 0 aliphatic carbocycles. The Morgan fingerprint density at radius 2 is 1.38 bits per heavy atom. The van der Waals surface area contributed by atoms with Gasteiger partial charge in [-0.1, -0.05) is 0 Å². The zero-order valence-electron chi connectivity index (χ0n) is 4.09. The molecule has 0 fully saturated rings. The molecule has 48 valence electrons. The first-order chi connectivity index (χ1) is 3.13. The van der Waals surface area contributed by atoms with Gasteiger partial charge in [-0.2, -0.15) is 0 Å². The number of halogens is 1. The van der Waals surface area contributed by atoms with E-state index in [4.69, 9.17) is 0 Å². The lowest BCUT2D eigenvalue weighted by Gasteiger charge is -1.82. The van der Waals surface area contributed by atoms with Crippen LogP contribution in [0.1, 0.15) is 6.42 Å². The van der Waals surface area contributed by atoms with Gasteiger partial charge in [0, 0.05) is 0 Å². The molecule has 0 bridgehead atoms. The molecule has 0 aliphatic rings. The van der Waals surface area contributed by atoms with Gasteiger partial charge in [-0.15, -0.1) is 12.4 Å². The average molecular weight is 139 g/mol. The quantitative estimate of drug-likeness (QED) is 0.468. The van der Waals surface area contributed by atoms with Crippen LogP contribution in [-0.4, -0.2) is 11.8 Å². The summed E-state index contributed by atoms with van der Waals surface area (Å²) < 4.78 is 0. The van der Waals surface area contributed by atoms with E-state index in [1.165, 1.54) is 0 Å². The minimum atomic E-state index is -0.687. The van der Waals surface area contributed by atoms with Crippen LogP contribution in [0.4, 0.5) is 0 Å². The monoisotopic (exact) mass is 138 g/mol. The fourth-order valence-corrected chi connectivity index (χ4v) is 0.172. The number of primary amides is 2. The first-order valence-electron chi connectivity index (χ1n) is 1.69. The van der Waals surface area contributed by atoms with Crippen molar-refractivity contribution in [2.75, 3.05) is 0 Å². The fraction of sp³-hybridized carbons (Fsp3) is 0.333. The molecule has 0 aromatic rings. The van der Waals surface area contributed by atoms with Crippen molar-refractivity contribution in [3.8, 4) is 0 Å². The lowest BCUT2D eigenvalue weighted by atomic mass is 10.4. The molecular weight excluding hydrogens is 131 g/mol. The number of hydrogen-bond donors (Lipinski definition) is 2. The van der Waals surface area contributed by atoms with E-state index in [9.17, 15) is 9.59 Å². The van der Waals surface area contributed by atoms with Crippen LogP contribution in [0.5, 0.6) is 0 Å². The van der Waals surface area contributed by atoms with Crippen LogP contribution >= 0.6 is 12.4 Å². The van der Waals surface area contributed by atoms with Crippen LogP contribution in [0.15, 0.2) is 0 Å². The molecule has 8 heavy (non-hydrogen) atoms. The first kappa shape index (κ1) is 10.3. The van der Waals surface area contributed by atoms with Gasteiger partial charge >= 0.3 is 0 Å². The van der Waals surface area contributed by atoms with E-state index in [1.54, 1.807) is 0 Å². The third-order valence-corrected chi connectivity index (χ3v) is 0.348. The van der Waals surface area contributed by atoms with E-state index in [0.29, 0.717) is 0 Å². The number of hydrogen-bond acceptors (Lipinski definition) is 2. The number of carbonyl (C=O) groups is 2. The smallest absolute Gasteiger partial charge is 0.226 e. The van der Waals surface area contributed by atoms with Gasteiger partial charge in [0.15, 0.2) is 0 Å². The number of rotatable bonds is 2. The summed E-state index contributed by atoms with van der Waals surface area (Å²) in [5.74, 6) is -1.37. The van der Waals surface area contributed by atoms with E-state index in [0.717, 1.165) is 0 Å². The van der Waals surface area contributed by atoms with Gasteiger partial charge in [-0.3, -0.25) is 9.59 Å². The predicted molar refractivity (Wildman–Crippen MR) is 30.3 cm³/mol. The molecule has 0 heterocycles. The fourth-order valence-electron chi connectivity index (χ4n) is 0.172. The SMILES string of the molecule is Cl.NC(=O)CC(N)=O. The Morgan fingerprint density at radius 1 is 1.12 bits per heavy atom. The molecule has 0 saturated carbocycles. The summed E-state index contributed by atoms with van der Waals surface area (Å²) in [5, 5.41) is 0. The standard InChI is InChI=1S/C3H6N2O2.ClH/c4-2(6)1-3(5)7;/h1H2,(H2,4,6)(H2,5,7);1H. The average Bonchev–Trinajstić information content (AvgIpc) is 1.27. The minimum absolute atomic E-state index is 0. The summed E-state index contributed by atoms with van der Waals surface area (Å²) >= 11 is 0. The molecule has 0 unspecified atom stereocenters. The Kier molecular flexibility index (Phi) is 5.63. The highest BCUT2D eigenvalue weighted by Crippen LogP contribution is 1.68. The third-order valence-electron chi connectivity index (χ3n) is 0.348. The molecule has 0 aromatic heterocycles. The minimum Gasteiger partial charge on any atom is -0.369 e. The second-order valence-corrected chi connectivity index (χ2v) is 1.11. The second kappa shape index (κ2) is 4.39. The molecule has 0 rings (SSSR count). The second-order valence-electron chi connectivity index (χ2n) is 1.11. The molecule has 0 saturated heterocycles. The van der Waals surface area contributed by atoms with Crippen LogP contribution < -0.4 is 11.5 Å². The summed E-state index contributed by atoms with van der Waals surface area (Å²) in [6, 6.07) is 0. The Hall–Kier alpha value is -0.770. The van der Waals surface area contributed by atoms with Crippen molar-refractivity contribution in [3.05, 3.63) is 0 Å². The van der Waals surface area contributed by atoms with Crippen LogP contribution in [0.25, 0.3) is 0 Å². The molecule has 4 nitrogen and oxygen atoms in total. The maximum atomic E-state index is 9.73. The Balaban J connectivity index is 0. The van der Waals surface area contributed by atoms with Crippen molar-refractivity contribution in [2.45, 2.75) is 6.42 Å². The predicted octanol–water partition coefficient (Wildman–Crippen LogP) is -1.23. The van der Waals surface area contributed by atoms with E-state index in [-0.39, 0.29) is 18.8 Å². The molecule has 5 heteroatoms. The van der Waals surface area contributed by atoms with Crippen LogP contribution in [0, 0.1) is 0 Å². The van der Waals surface area contributed by atoms with Crippen molar-refractivity contribution < 1.29 is 9.59 Å². The van der Waals surface area contributed by atoms with Gasteiger partial charge in [-0.05, 0) is 0 Å². The van der Waals surface area contributed by atoms with Gasteiger partial charge in [0.2, 0.25) is 11.8 Å². The normalized spacial score (nSPS) is 7.00. The molecule has 0 spiro atoms. The molecule has 2 amide bonds. The summed E-state index contributed by atoms with van der Waals surface area (Å²) in [5.41, 5.74) is 9.11. The van der Waals surface area contributed by atoms with E-state index in [1.807, 2.05) is 0 Å². The van der Waals surface area contributed by atoms with E-state index >= 15 is 0 Å². The molecule has 4 N–H and O–H groups in total. The highest BCUT2D eigenvalue weighted by Gasteiger charge is 1.96. The first-order valence-corrected chi connectivity index (χ1v) is 1.69. The van der Waals surface area contributed by atoms with Crippen molar-refractivity contribution in [2.24, 2.45) is 11.5 Å². The van der Waals surface area contributed by atoms with Gasteiger partial charge < -0.3 is 11.5 Å². The van der Waals surface area contributed by atoms with Crippen molar-refractivity contribution in [3.63, 3.8) is 0 Å². The summed E-state index contributed by atoms with van der Waals surface area (Å²) in [6.07, 6.45) is -0.361. The topological polar surface area (TPSA) is 86.2 Å². The lowest BCUT2D eigenvalue weighted by molar-refractivity contribution is -0.125. The van der Waals surface area contributed by atoms with Crippen molar-refractivity contribution in [1.82, 2.24) is 0 Å². The number of carbonyl (C=O) groups excluding carboxylic acids is 2. The number of nitrogens with two attached hydrogens (primary N) is 2. The molecule has 0 radical (unpaired) electrons. The maximum Gasteiger partial charge on any atom is 0.226 e. The zero-order chi connectivity index (χ0) is 5.86. The lowest BCUT2D eigenvalue weighted by Crippen LogP contribution is -2.21. The highest BCUT2D eigenvalue weighted by molar-refractivity contribution is 5.95. The van der Waals surface area contributed by atoms with Crippen LogP contribution in [0.2, 0.25) is 0 Å². The van der Waals surface area contributed by atoms with E-state index < -0.39 is 11.8 Å². The third kappa shape index (κ3) is 8.97. The highest BCUT2D eigenvalue weighted by atomic mass is 35.5. The van der Waals surface area contributed by atoms with Crippen molar-refractivity contribution in [1.29, 1.82) is 0 Å². The zero-order valence-corrected chi connectivity index (χ0v) is 4.90. The Bertz CT molecular complexity index is 91.5. The van der Waals surface area contributed by atoms with Gasteiger partial charge in [0.25, 0.3) is 0 Å². The summed E-state index contributed by atoms with van der Waals surface area (Å²) in [6.45, 7) is 0. The largest absolute Gasteiger partial charge is 0.369 e.